The Hall–Kier alpha value is -2.82. The first-order valence-electron chi connectivity index (χ1n) is 8.33. The van der Waals surface area contributed by atoms with Crippen molar-refractivity contribution in [1.29, 1.82) is 0 Å². The zero-order valence-electron chi connectivity index (χ0n) is 15.0. The van der Waals surface area contributed by atoms with Crippen LogP contribution in [0.4, 0.5) is 5.69 Å². The summed E-state index contributed by atoms with van der Waals surface area (Å²) in [5.74, 6) is 1.58. The maximum atomic E-state index is 5.83. The smallest absolute Gasteiger partial charge is 0.161 e. The lowest BCUT2D eigenvalue weighted by molar-refractivity contribution is 0.354. The van der Waals surface area contributed by atoms with Gasteiger partial charge in [0.25, 0.3) is 0 Å². The Balaban J connectivity index is 2.26. The van der Waals surface area contributed by atoms with Crippen molar-refractivity contribution in [3.8, 4) is 11.5 Å². The molecule has 5 nitrogen and oxygen atoms in total. The molecule has 1 aliphatic rings. The highest BCUT2D eigenvalue weighted by Crippen LogP contribution is 2.38. The summed E-state index contributed by atoms with van der Waals surface area (Å²) in [4.78, 5) is 0. The molecule has 2 aromatic carbocycles. The average molecular weight is 337 g/mol. The number of fused-ring (bicyclic) bond motifs is 1. The fourth-order valence-corrected chi connectivity index (χ4v) is 3.24. The Morgan fingerprint density at radius 1 is 1.00 bits per heavy atom. The minimum Gasteiger partial charge on any atom is -0.493 e. The van der Waals surface area contributed by atoms with E-state index in [4.69, 9.17) is 15.2 Å². The third-order valence-corrected chi connectivity index (χ3v) is 4.59. The van der Waals surface area contributed by atoms with Crippen molar-refractivity contribution < 1.29 is 9.47 Å². The Labute approximate surface area is 148 Å². The van der Waals surface area contributed by atoms with Gasteiger partial charge in [0.05, 0.1) is 14.2 Å². The molecule has 130 valence electrons. The summed E-state index contributed by atoms with van der Waals surface area (Å²) in [6.07, 6.45) is 0.933. The van der Waals surface area contributed by atoms with Crippen molar-refractivity contribution in [3.63, 3.8) is 0 Å². The Morgan fingerprint density at radius 3 is 2.24 bits per heavy atom. The van der Waals surface area contributed by atoms with E-state index in [0.29, 0.717) is 11.5 Å². The largest absolute Gasteiger partial charge is 0.493 e. The molecule has 5 heteroatoms. The molecule has 25 heavy (non-hydrogen) atoms. The zero-order chi connectivity index (χ0) is 18.0. The highest BCUT2D eigenvalue weighted by Gasteiger charge is 2.25. The van der Waals surface area contributed by atoms with E-state index in [1.807, 2.05) is 43.3 Å². The van der Waals surface area contributed by atoms with E-state index in [2.05, 4.69) is 17.1 Å². The van der Waals surface area contributed by atoms with Gasteiger partial charge in [-0.15, -0.1) is 5.10 Å². The van der Waals surface area contributed by atoms with Crippen LogP contribution in [-0.4, -0.2) is 25.6 Å². The van der Waals surface area contributed by atoms with Crippen molar-refractivity contribution in [2.75, 3.05) is 20.0 Å². The van der Waals surface area contributed by atoms with Crippen LogP contribution in [0.25, 0.3) is 0 Å². The fourth-order valence-electron chi connectivity index (χ4n) is 3.24. The molecule has 1 heterocycles. The second-order valence-corrected chi connectivity index (χ2v) is 6.07. The average Bonchev–Trinajstić information content (AvgIpc) is 2.76. The second-order valence-electron chi connectivity index (χ2n) is 6.07. The van der Waals surface area contributed by atoms with Gasteiger partial charge in [-0.05, 0) is 43.2 Å². The van der Waals surface area contributed by atoms with Crippen LogP contribution < -0.4 is 15.2 Å². The molecule has 2 N–H and O–H groups in total. The first-order valence-corrected chi connectivity index (χ1v) is 8.33. The molecular formula is C20H23N3O2. The van der Waals surface area contributed by atoms with Crippen molar-refractivity contribution in [2.45, 2.75) is 26.2 Å². The topological polar surface area (TPSA) is 69.2 Å². The minimum atomic E-state index is 0.185. The van der Waals surface area contributed by atoms with E-state index in [9.17, 15) is 0 Å². The summed E-state index contributed by atoms with van der Waals surface area (Å²) in [5, 5.41) is 9.02. The normalized spacial score (nSPS) is 16.4. The summed E-state index contributed by atoms with van der Waals surface area (Å²) in [7, 11) is 3.29. The predicted molar refractivity (Wildman–Crippen MR) is 102 cm³/mol. The number of nitrogens with zero attached hydrogens (tertiary/aromatic N) is 2. The van der Waals surface area contributed by atoms with Gasteiger partial charge in [0.1, 0.15) is 5.71 Å². The van der Waals surface area contributed by atoms with Crippen LogP contribution in [0.5, 0.6) is 11.5 Å². The Bertz CT molecular complexity index is 839. The molecule has 0 aromatic heterocycles. The van der Waals surface area contributed by atoms with Gasteiger partial charge in [0, 0.05) is 28.4 Å². The third-order valence-electron chi connectivity index (χ3n) is 4.59. The fraction of sp³-hybridized carbons (Fsp3) is 0.300. The summed E-state index contributed by atoms with van der Waals surface area (Å²) >= 11 is 0. The Kier molecular flexibility index (Phi) is 4.74. The molecule has 3 rings (SSSR count). The van der Waals surface area contributed by atoms with Gasteiger partial charge >= 0.3 is 0 Å². The van der Waals surface area contributed by atoms with Gasteiger partial charge in [0.2, 0.25) is 0 Å². The summed E-state index contributed by atoms with van der Waals surface area (Å²) in [6, 6.07) is 11.7. The van der Waals surface area contributed by atoms with Gasteiger partial charge in [0.15, 0.2) is 11.5 Å². The maximum absolute atomic E-state index is 5.83. The van der Waals surface area contributed by atoms with Crippen molar-refractivity contribution in [1.82, 2.24) is 0 Å². The van der Waals surface area contributed by atoms with Gasteiger partial charge in [-0.3, -0.25) is 0 Å². The number of rotatable bonds is 4. The van der Waals surface area contributed by atoms with Crippen molar-refractivity contribution in [3.05, 3.63) is 53.1 Å². The number of anilines is 1. The van der Waals surface area contributed by atoms with Crippen molar-refractivity contribution >= 4 is 17.1 Å². The number of hydrogen-bond donors (Lipinski definition) is 1. The number of benzene rings is 2. The van der Waals surface area contributed by atoms with E-state index < -0.39 is 0 Å². The predicted octanol–water partition coefficient (Wildman–Crippen LogP) is 4.01. The third kappa shape index (κ3) is 3.09. The Morgan fingerprint density at radius 2 is 1.64 bits per heavy atom. The molecule has 1 atom stereocenters. The van der Waals surface area contributed by atoms with Crippen LogP contribution in [-0.2, 0) is 0 Å². The molecule has 0 fully saturated rings. The molecule has 0 aliphatic carbocycles. The molecule has 0 amide bonds. The SMILES string of the molecule is CCC1C(C)=NN=C(c2ccc(N)cc2)c2cc(OC)c(OC)cc21. The minimum absolute atomic E-state index is 0.185. The van der Waals surface area contributed by atoms with Crippen LogP contribution in [0.15, 0.2) is 46.6 Å². The van der Waals surface area contributed by atoms with Crippen molar-refractivity contribution in [2.24, 2.45) is 10.2 Å². The number of nitrogens with two attached hydrogens (primary N) is 1. The molecule has 2 aromatic rings. The van der Waals surface area contributed by atoms with Crippen LogP contribution in [0.2, 0.25) is 0 Å². The van der Waals surface area contributed by atoms with E-state index in [1.165, 1.54) is 0 Å². The monoisotopic (exact) mass is 337 g/mol. The first-order chi connectivity index (χ1) is 12.1. The van der Waals surface area contributed by atoms with E-state index >= 15 is 0 Å². The quantitative estimate of drug-likeness (QED) is 0.857. The number of nitrogen functional groups attached to an aromatic ring is 1. The second kappa shape index (κ2) is 6.97. The molecule has 0 saturated heterocycles. The molecule has 0 spiro atoms. The van der Waals surface area contributed by atoms with Crippen LogP contribution in [0, 0.1) is 0 Å². The molecule has 0 bridgehead atoms. The van der Waals surface area contributed by atoms with Crippen LogP contribution in [0.1, 0.15) is 42.9 Å². The summed E-state index contributed by atoms with van der Waals surface area (Å²) < 4.78 is 11.0. The zero-order valence-corrected chi connectivity index (χ0v) is 15.0. The first kappa shape index (κ1) is 17.0. The number of methoxy groups -OCH3 is 2. The lowest BCUT2D eigenvalue weighted by atomic mass is 9.85. The van der Waals surface area contributed by atoms with E-state index in [1.54, 1.807) is 14.2 Å². The van der Waals surface area contributed by atoms with Gasteiger partial charge in [-0.25, -0.2) is 0 Å². The molecule has 0 radical (unpaired) electrons. The molecule has 0 saturated carbocycles. The van der Waals surface area contributed by atoms with Gasteiger partial charge in [-0.2, -0.15) is 5.10 Å². The highest BCUT2D eigenvalue weighted by atomic mass is 16.5. The number of hydrogen-bond acceptors (Lipinski definition) is 5. The highest BCUT2D eigenvalue weighted by molar-refractivity contribution is 6.16. The standard InChI is InChI=1S/C20H23N3O2/c1-5-15-12(2)22-23-20(13-6-8-14(21)9-7-13)17-11-19(25-4)18(24-3)10-16(15)17/h6-11,15H,5,21H2,1-4H3. The maximum Gasteiger partial charge on any atom is 0.161 e. The lowest BCUT2D eigenvalue weighted by Gasteiger charge is -2.20. The van der Waals surface area contributed by atoms with Gasteiger partial charge in [-0.1, -0.05) is 19.1 Å². The van der Waals surface area contributed by atoms with Crippen LogP contribution >= 0.6 is 0 Å². The lowest BCUT2D eigenvalue weighted by Crippen LogP contribution is -2.12. The summed E-state index contributed by atoms with van der Waals surface area (Å²) in [6.45, 7) is 4.17. The molecule has 1 unspecified atom stereocenters. The van der Waals surface area contributed by atoms with E-state index in [0.717, 1.165) is 40.2 Å². The molecular weight excluding hydrogens is 314 g/mol. The summed E-state index contributed by atoms with van der Waals surface area (Å²) in [5.41, 5.74) is 11.5. The van der Waals surface area contributed by atoms with Crippen LogP contribution in [0.3, 0.4) is 0 Å². The van der Waals surface area contributed by atoms with Gasteiger partial charge < -0.3 is 15.2 Å². The molecule has 1 aliphatic heterocycles. The number of ether oxygens (including phenoxy) is 2. The van der Waals surface area contributed by atoms with E-state index in [-0.39, 0.29) is 5.92 Å².